The van der Waals surface area contributed by atoms with E-state index in [4.69, 9.17) is 5.73 Å². The average Bonchev–Trinajstić information content (AvgIpc) is 2.85. The minimum Gasteiger partial charge on any atom is -0.320 e. The quantitative estimate of drug-likeness (QED) is 0.839. The Kier molecular flexibility index (Phi) is 5.44. The van der Waals surface area contributed by atoms with Gasteiger partial charge in [0.25, 0.3) is 0 Å². The minimum atomic E-state index is 0.426. The van der Waals surface area contributed by atoms with Crippen LogP contribution in [0, 0.1) is 17.8 Å². The summed E-state index contributed by atoms with van der Waals surface area (Å²) in [5, 5.41) is 0. The molecule has 1 fully saturated rings. The molecular weight excluding hydrogens is 232 g/mol. The Hall–Kier alpha value is -1.30. The van der Waals surface area contributed by atoms with E-state index >= 15 is 0 Å². The summed E-state index contributed by atoms with van der Waals surface area (Å²) in [5.74, 6) is 6.93. The molecule has 0 aliphatic carbocycles. The third-order valence-corrected chi connectivity index (χ3v) is 3.73. The van der Waals surface area contributed by atoms with Crippen molar-refractivity contribution in [2.24, 2.45) is 11.7 Å². The predicted octanol–water partition coefficient (Wildman–Crippen LogP) is 2.62. The molecule has 2 heteroatoms. The fraction of sp³-hybridized carbons (Fsp3) is 0.529. The molecule has 0 saturated carbocycles. The highest BCUT2D eigenvalue weighted by atomic mass is 15.1. The number of hydrogen-bond donors (Lipinski definition) is 1. The van der Waals surface area contributed by atoms with Crippen LogP contribution in [0.4, 0.5) is 0 Å². The summed E-state index contributed by atoms with van der Waals surface area (Å²) in [7, 11) is 0. The number of hydrogen-bond acceptors (Lipinski definition) is 2. The second-order valence-electron chi connectivity index (χ2n) is 5.38. The fourth-order valence-electron chi connectivity index (χ4n) is 2.86. The number of rotatable bonds is 4. The molecule has 1 heterocycles. The van der Waals surface area contributed by atoms with Crippen LogP contribution in [-0.4, -0.2) is 24.5 Å². The molecule has 19 heavy (non-hydrogen) atoms. The second-order valence-corrected chi connectivity index (χ2v) is 5.38. The van der Waals surface area contributed by atoms with Gasteiger partial charge in [-0.3, -0.25) is 4.90 Å². The number of likely N-dealkylation sites (tertiary alicyclic amines) is 1. The number of nitrogens with two attached hydrogens (primary N) is 1. The van der Waals surface area contributed by atoms with Crippen molar-refractivity contribution < 1.29 is 0 Å². The predicted molar refractivity (Wildman–Crippen MR) is 80.7 cm³/mol. The van der Waals surface area contributed by atoms with Crippen molar-refractivity contribution >= 4 is 0 Å². The molecule has 0 amide bonds. The van der Waals surface area contributed by atoms with Gasteiger partial charge in [-0.2, -0.15) is 0 Å². The Morgan fingerprint density at radius 2 is 2.32 bits per heavy atom. The van der Waals surface area contributed by atoms with E-state index in [2.05, 4.69) is 47.9 Å². The first kappa shape index (κ1) is 14.1. The van der Waals surface area contributed by atoms with E-state index in [0.29, 0.717) is 6.54 Å². The van der Waals surface area contributed by atoms with Crippen LogP contribution in [0.5, 0.6) is 0 Å². The van der Waals surface area contributed by atoms with Gasteiger partial charge >= 0.3 is 0 Å². The third kappa shape index (κ3) is 4.38. The Morgan fingerprint density at radius 3 is 3.11 bits per heavy atom. The lowest BCUT2D eigenvalue weighted by Crippen LogP contribution is -2.20. The molecule has 1 aromatic carbocycles. The number of nitrogens with zero attached hydrogens (tertiary/aromatic N) is 1. The lowest BCUT2D eigenvalue weighted by atomic mass is 10.0. The zero-order chi connectivity index (χ0) is 13.5. The Morgan fingerprint density at radius 1 is 1.42 bits per heavy atom. The molecule has 1 unspecified atom stereocenters. The smallest absolute Gasteiger partial charge is 0.0555 e. The standard InChI is InChI=1S/C17H24N2/c1-2-5-16-9-11-19(13-16)14-17-7-3-6-15(12-17)8-4-10-18/h3,6-7,12,16H,2,5,9-11,13-14,18H2,1H3. The van der Waals surface area contributed by atoms with Gasteiger partial charge in [-0.15, -0.1) is 0 Å². The largest absolute Gasteiger partial charge is 0.320 e. The molecule has 1 atom stereocenters. The van der Waals surface area contributed by atoms with E-state index < -0.39 is 0 Å². The Balaban J connectivity index is 1.92. The first-order valence-corrected chi connectivity index (χ1v) is 7.32. The molecule has 0 radical (unpaired) electrons. The first-order valence-electron chi connectivity index (χ1n) is 7.32. The first-order chi connectivity index (χ1) is 9.31. The van der Waals surface area contributed by atoms with E-state index in [1.165, 1.54) is 37.9 Å². The van der Waals surface area contributed by atoms with Crippen LogP contribution in [0.1, 0.15) is 37.3 Å². The second kappa shape index (κ2) is 7.33. The minimum absolute atomic E-state index is 0.426. The van der Waals surface area contributed by atoms with Gasteiger partial charge in [-0.25, -0.2) is 0 Å². The molecule has 2 rings (SSSR count). The highest BCUT2D eigenvalue weighted by molar-refractivity contribution is 5.37. The lowest BCUT2D eigenvalue weighted by molar-refractivity contribution is 0.313. The van der Waals surface area contributed by atoms with Crippen molar-refractivity contribution in [2.75, 3.05) is 19.6 Å². The van der Waals surface area contributed by atoms with Gasteiger partial charge in [-0.05, 0) is 43.0 Å². The van der Waals surface area contributed by atoms with Crippen LogP contribution in [0.25, 0.3) is 0 Å². The SMILES string of the molecule is CCCC1CCN(Cc2cccc(C#CCN)c2)C1. The molecule has 0 bridgehead atoms. The zero-order valence-electron chi connectivity index (χ0n) is 11.9. The summed E-state index contributed by atoms with van der Waals surface area (Å²) in [6.45, 7) is 6.26. The maximum atomic E-state index is 5.41. The molecule has 1 aromatic rings. The van der Waals surface area contributed by atoms with E-state index in [0.717, 1.165) is 18.0 Å². The molecule has 0 aromatic heterocycles. The monoisotopic (exact) mass is 256 g/mol. The van der Waals surface area contributed by atoms with Crippen molar-refractivity contribution in [3.05, 3.63) is 35.4 Å². The van der Waals surface area contributed by atoms with E-state index in [9.17, 15) is 0 Å². The van der Waals surface area contributed by atoms with Crippen molar-refractivity contribution in [3.63, 3.8) is 0 Å². The third-order valence-electron chi connectivity index (χ3n) is 3.73. The Labute approximate surface area is 117 Å². The molecule has 1 aliphatic heterocycles. The normalized spacial score (nSPS) is 19.2. The molecule has 2 N–H and O–H groups in total. The van der Waals surface area contributed by atoms with Crippen molar-refractivity contribution in [3.8, 4) is 11.8 Å². The van der Waals surface area contributed by atoms with Crippen LogP contribution in [0.15, 0.2) is 24.3 Å². The lowest BCUT2D eigenvalue weighted by Gasteiger charge is -2.16. The van der Waals surface area contributed by atoms with Crippen LogP contribution in [0.3, 0.4) is 0 Å². The van der Waals surface area contributed by atoms with Crippen molar-refractivity contribution in [1.29, 1.82) is 0 Å². The van der Waals surface area contributed by atoms with Gasteiger partial charge in [0, 0.05) is 18.7 Å². The van der Waals surface area contributed by atoms with Gasteiger partial charge in [-0.1, -0.05) is 37.3 Å². The van der Waals surface area contributed by atoms with E-state index in [1.54, 1.807) is 0 Å². The highest BCUT2D eigenvalue weighted by Crippen LogP contribution is 2.22. The van der Waals surface area contributed by atoms with Gasteiger partial charge in [0.15, 0.2) is 0 Å². The van der Waals surface area contributed by atoms with Crippen molar-refractivity contribution in [1.82, 2.24) is 4.90 Å². The molecule has 0 spiro atoms. The van der Waals surface area contributed by atoms with Crippen LogP contribution < -0.4 is 5.73 Å². The van der Waals surface area contributed by atoms with Gasteiger partial charge < -0.3 is 5.73 Å². The maximum absolute atomic E-state index is 5.41. The summed E-state index contributed by atoms with van der Waals surface area (Å²) in [5.41, 5.74) is 7.85. The summed E-state index contributed by atoms with van der Waals surface area (Å²) in [4.78, 5) is 2.57. The van der Waals surface area contributed by atoms with Gasteiger partial charge in [0.05, 0.1) is 6.54 Å². The molecule has 102 valence electrons. The van der Waals surface area contributed by atoms with Gasteiger partial charge in [0.1, 0.15) is 0 Å². The molecule has 1 aliphatic rings. The molecular formula is C17H24N2. The molecule has 2 nitrogen and oxygen atoms in total. The summed E-state index contributed by atoms with van der Waals surface area (Å²) in [6, 6.07) is 8.53. The van der Waals surface area contributed by atoms with E-state index in [1.807, 2.05) is 0 Å². The molecule has 1 saturated heterocycles. The Bertz CT molecular complexity index is 456. The van der Waals surface area contributed by atoms with E-state index in [-0.39, 0.29) is 0 Å². The zero-order valence-corrected chi connectivity index (χ0v) is 11.9. The summed E-state index contributed by atoms with van der Waals surface area (Å²) >= 11 is 0. The maximum Gasteiger partial charge on any atom is 0.0555 e. The van der Waals surface area contributed by atoms with Crippen LogP contribution in [-0.2, 0) is 6.54 Å². The van der Waals surface area contributed by atoms with Crippen LogP contribution >= 0.6 is 0 Å². The fourth-order valence-corrected chi connectivity index (χ4v) is 2.86. The summed E-state index contributed by atoms with van der Waals surface area (Å²) < 4.78 is 0. The number of benzene rings is 1. The van der Waals surface area contributed by atoms with Gasteiger partial charge in [0.2, 0.25) is 0 Å². The van der Waals surface area contributed by atoms with Crippen LogP contribution in [0.2, 0.25) is 0 Å². The topological polar surface area (TPSA) is 29.3 Å². The van der Waals surface area contributed by atoms with Crippen molar-refractivity contribution in [2.45, 2.75) is 32.7 Å². The highest BCUT2D eigenvalue weighted by Gasteiger charge is 2.21. The average molecular weight is 256 g/mol. The summed E-state index contributed by atoms with van der Waals surface area (Å²) in [6.07, 6.45) is 4.04.